The van der Waals surface area contributed by atoms with Crippen LogP contribution >= 0.6 is 7.37 Å². The summed E-state index contributed by atoms with van der Waals surface area (Å²) in [7, 11) is -3.22. The fraction of sp³-hybridized carbons (Fsp3) is 0.368. The molecular weight excluding hydrogens is 305 g/mol. The third-order valence-electron chi connectivity index (χ3n) is 4.15. The molecule has 0 saturated heterocycles. The van der Waals surface area contributed by atoms with E-state index in [0.29, 0.717) is 12.6 Å². The van der Waals surface area contributed by atoms with Crippen molar-refractivity contribution in [1.29, 1.82) is 0 Å². The monoisotopic (exact) mass is 332 g/mol. The highest BCUT2D eigenvalue weighted by atomic mass is 31.2. The van der Waals surface area contributed by atoms with Crippen LogP contribution < -0.4 is 5.32 Å². The lowest BCUT2D eigenvalue weighted by molar-refractivity contribution is -0.691. The van der Waals surface area contributed by atoms with Gasteiger partial charge >= 0.3 is 0 Å². The Bertz CT molecular complexity index is 628. The van der Waals surface area contributed by atoms with Crippen molar-refractivity contribution in [2.24, 2.45) is 5.92 Å². The number of nitrogens with two attached hydrogens (primary N) is 1. The fourth-order valence-corrected chi connectivity index (χ4v) is 5.10. The van der Waals surface area contributed by atoms with Gasteiger partial charge in [-0.15, -0.1) is 0 Å². The standard InChI is InChI=1S/C19H26NO2P/c1-16(2)19(20-15-18-11-7-4-8-12-18)23(21,22)14-13-17-9-5-3-6-10-17/h3-12,16,19-20H,13-15H2,1-2H3,(H,21,22)/p+1/t19-/m1/s1. The number of rotatable bonds is 8. The van der Waals surface area contributed by atoms with Gasteiger partial charge < -0.3 is 10.2 Å². The van der Waals surface area contributed by atoms with Crippen molar-refractivity contribution in [2.75, 3.05) is 6.16 Å². The lowest BCUT2D eigenvalue weighted by Gasteiger charge is -2.24. The zero-order chi connectivity index (χ0) is 16.7. The maximum Gasteiger partial charge on any atom is 0.256 e. The second-order valence-corrected chi connectivity index (χ2v) is 8.93. The van der Waals surface area contributed by atoms with Gasteiger partial charge in [-0.25, -0.2) is 0 Å². The molecule has 0 amide bonds. The second kappa shape index (κ2) is 8.44. The highest BCUT2D eigenvalue weighted by Gasteiger charge is 2.36. The first-order valence-corrected chi connectivity index (χ1v) is 10.1. The van der Waals surface area contributed by atoms with Gasteiger partial charge in [0, 0.05) is 17.6 Å². The molecule has 0 spiro atoms. The third-order valence-corrected chi connectivity index (χ3v) is 6.75. The minimum atomic E-state index is -3.22. The molecule has 2 atom stereocenters. The normalized spacial score (nSPS) is 15.3. The maximum absolute atomic E-state index is 12.9. The van der Waals surface area contributed by atoms with Crippen LogP contribution in [0.4, 0.5) is 0 Å². The van der Waals surface area contributed by atoms with Crippen LogP contribution in [0.25, 0.3) is 0 Å². The first kappa shape index (κ1) is 17.9. The molecule has 2 aromatic rings. The molecule has 0 bridgehead atoms. The van der Waals surface area contributed by atoms with Crippen LogP contribution in [0.5, 0.6) is 0 Å². The number of hydrogen-bond acceptors (Lipinski definition) is 1. The van der Waals surface area contributed by atoms with E-state index in [0.717, 1.165) is 12.1 Å². The van der Waals surface area contributed by atoms with Gasteiger partial charge in [0.25, 0.3) is 7.37 Å². The van der Waals surface area contributed by atoms with E-state index in [2.05, 4.69) is 12.1 Å². The van der Waals surface area contributed by atoms with Gasteiger partial charge in [0.15, 0.2) is 5.78 Å². The largest absolute Gasteiger partial charge is 0.340 e. The lowest BCUT2D eigenvalue weighted by atomic mass is 10.2. The van der Waals surface area contributed by atoms with Crippen molar-refractivity contribution in [2.45, 2.75) is 32.6 Å². The third kappa shape index (κ3) is 5.62. The molecular formula is C19H27NO2P+. The van der Waals surface area contributed by atoms with Crippen LogP contribution in [-0.4, -0.2) is 16.8 Å². The Hall–Kier alpha value is -1.41. The molecule has 0 aliphatic carbocycles. The molecule has 23 heavy (non-hydrogen) atoms. The minimum Gasteiger partial charge on any atom is -0.340 e. The van der Waals surface area contributed by atoms with Gasteiger partial charge in [-0.3, -0.25) is 4.57 Å². The van der Waals surface area contributed by atoms with E-state index in [4.69, 9.17) is 0 Å². The van der Waals surface area contributed by atoms with Crippen molar-refractivity contribution in [3.63, 3.8) is 0 Å². The van der Waals surface area contributed by atoms with Gasteiger partial charge in [0.1, 0.15) is 6.54 Å². The molecule has 0 aliphatic rings. The predicted octanol–water partition coefficient (Wildman–Crippen LogP) is 3.25. The molecule has 1 unspecified atom stereocenters. The van der Waals surface area contributed by atoms with Crippen LogP contribution in [0.3, 0.4) is 0 Å². The first-order valence-electron chi connectivity index (χ1n) is 8.22. The van der Waals surface area contributed by atoms with Crippen LogP contribution in [0, 0.1) is 5.92 Å². The van der Waals surface area contributed by atoms with E-state index < -0.39 is 7.37 Å². The summed E-state index contributed by atoms with van der Waals surface area (Å²) in [5.41, 5.74) is 2.30. The van der Waals surface area contributed by atoms with E-state index in [9.17, 15) is 9.46 Å². The Morgan fingerprint density at radius 1 is 0.957 bits per heavy atom. The molecule has 3 nitrogen and oxygen atoms in total. The zero-order valence-electron chi connectivity index (χ0n) is 13.9. The number of quaternary nitrogens is 1. The van der Waals surface area contributed by atoms with Gasteiger partial charge in [-0.1, -0.05) is 74.5 Å². The van der Waals surface area contributed by atoms with Gasteiger partial charge in [-0.05, 0) is 12.0 Å². The molecule has 124 valence electrons. The van der Waals surface area contributed by atoms with Crippen molar-refractivity contribution in [3.8, 4) is 0 Å². The SMILES string of the molecule is CC(C)[C@H]([NH2+]Cc1ccccc1)P(=O)(O)CCc1ccccc1. The molecule has 0 aliphatic heterocycles. The number of aryl methyl sites for hydroxylation is 1. The van der Waals surface area contributed by atoms with Crippen molar-refractivity contribution >= 4 is 7.37 Å². The average Bonchev–Trinajstić information content (AvgIpc) is 2.55. The van der Waals surface area contributed by atoms with Crippen LogP contribution in [-0.2, 0) is 17.5 Å². The van der Waals surface area contributed by atoms with E-state index in [1.165, 1.54) is 5.56 Å². The summed E-state index contributed by atoms with van der Waals surface area (Å²) in [6.45, 7) is 4.79. The van der Waals surface area contributed by atoms with Crippen LogP contribution in [0.15, 0.2) is 60.7 Å². The molecule has 0 saturated carbocycles. The molecule has 0 heterocycles. The fourth-order valence-electron chi connectivity index (χ4n) is 2.86. The molecule has 4 heteroatoms. The summed E-state index contributed by atoms with van der Waals surface area (Å²) in [6.07, 6.45) is 0.988. The van der Waals surface area contributed by atoms with Crippen molar-refractivity contribution in [3.05, 3.63) is 71.8 Å². The predicted molar refractivity (Wildman–Crippen MR) is 95.5 cm³/mol. The Labute approximate surface area is 139 Å². The summed E-state index contributed by atoms with van der Waals surface area (Å²) in [4.78, 5) is 10.6. The van der Waals surface area contributed by atoms with Gasteiger partial charge in [0.2, 0.25) is 0 Å². The number of hydrogen-bond donors (Lipinski definition) is 2. The van der Waals surface area contributed by atoms with Crippen molar-refractivity contribution in [1.82, 2.24) is 0 Å². The van der Waals surface area contributed by atoms with E-state index in [-0.39, 0.29) is 11.7 Å². The Morgan fingerprint density at radius 3 is 2.00 bits per heavy atom. The number of benzene rings is 2. The molecule has 3 N–H and O–H groups in total. The van der Waals surface area contributed by atoms with Crippen molar-refractivity contribution < 1.29 is 14.8 Å². The highest BCUT2D eigenvalue weighted by molar-refractivity contribution is 7.58. The lowest BCUT2D eigenvalue weighted by Crippen LogP contribution is -2.89. The van der Waals surface area contributed by atoms with E-state index in [1.807, 2.05) is 67.7 Å². The Morgan fingerprint density at radius 2 is 1.48 bits per heavy atom. The summed E-state index contributed by atoms with van der Waals surface area (Å²) in [5.74, 6) is -0.100. The molecule has 2 rings (SSSR count). The summed E-state index contributed by atoms with van der Waals surface area (Å²) < 4.78 is 12.9. The quantitative estimate of drug-likeness (QED) is 0.729. The first-order chi connectivity index (χ1) is 11.0. The van der Waals surface area contributed by atoms with E-state index >= 15 is 0 Å². The Kier molecular flexibility index (Phi) is 6.59. The maximum atomic E-state index is 12.9. The van der Waals surface area contributed by atoms with Gasteiger partial charge in [-0.2, -0.15) is 0 Å². The summed E-state index contributed by atoms with van der Waals surface area (Å²) in [6, 6.07) is 20.0. The molecule has 0 radical (unpaired) electrons. The zero-order valence-corrected chi connectivity index (χ0v) is 14.8. The molecule has 2 aromatic carbocycles. The highest BCUT2D eigenvalue weighted by Crippen LogP contribution is 2.46. The second-order valence-electron chi connectivity index (χ2n) is 6.37. The molecule has 0 fully saturated rings. The molecule has 0 aromatic heterocycles. The average molecular weight is 332 g/mol. The minimum absolute atomic E-state index is 0.158. The van der Waals surface area contributed by atoms with Crippen LogP contribution in [0.1, 0.15) is 25.0 Å². The van der Waals surface area contributed by atoms with Gasteiger partial charge in [0.05, 0.1) is 0 Å². The Balaban J connectivity index is 1.98. The topological polar surface area (TPSA) is 53.9 Å². The summed E-state index contributed by atoms with van der Waals surface area (Å²) >= 11 is 0. The van der Waals surface area contributed by atoms with Crippen LogP contribution in [0.2, 0.25) is 0 Å². The van der Waals surface area contributed by atoms with E-state index in [1.54, 1.807) is 0 Å². The smallest absolute Gasteiger partial charge is 0.256 e. The summed E-state index contributed by atoms with van der Waals surface area (Å²) in [5, 5.41) is 2.03.